The van der Waals surface area contributed by atoms with E-state index in [-0.39, 0.29) is 18.9 Å². The summed E-state index contributed by atoms with van der Waals surface area (Å²) in [6, 6.07) is -0.411. The normalized spacial score (nSPS) is 16.4. The molecule has 96 valence electrons. The summed E-state index contributed by atoms with van der Waals surface area (Å²) >= 11 is 0. The van der Waals surface area contributed by atoms with E-state index in [4.69, 9.17) is 5.11 Å². The summed E-state index contributed by atoms with van der Waals surface area (Å²) < 4.78 is 0. The third kappa shape index (κ3) is 4.29. The van der Waals surface area contributed by atoms with E-state index in [0.29, 0.717) is 13.1 Å². The van der Waals surface area contributed by atoms with Gasteiger partial charge in [-0.3, -0.25) is 9.59 Å². The van der Waals surface area contributed by atoms with Gasteiger partial charge in [0.2, 0.25) is 5.91 Å². The van der Waals surface area contributed by atoms with E-state index in [0.717, 1.165) is 0 Å². The highest BCUT2D eigenvalue weighted by molar-refractivity contribution is 5.85. The van der Waals surface area contributed by atoms with Crippen molar-refractivity contribution < 1.29 is 19.5 Å². The molecular formula is C10H17N3O4. The molecule has 0 radical (unpaired) electrons. The molecule has 1 aliphatic heterocycles. The molecule has 7 nitrogen and oxygen atoms in total. The molecule has 0 unspecified atom stereocenters. The third-order valence-electron chi connectivity index (χ3n) is 2.36. The van der Waals surface area contributed by atoms with Crippen LogP contribution in [0.1, 0.15) is 20.3 Å². The molecule has 1 rings (SSSR count). The summed E-state index contributed by atoms with van der Waals surface area (Å²) in [5.41, 5.74) is -0.836. The van der Waals surface area contributed by atoms with E-state index in [1.54, 1.807) is 13.8 Å². The highest BCUT2D eigenvalue weighted by atomic mass is 16.4. The molecule has 17 heavy (non-hydrogen) atoms. The minimum atomic E-state index is -0.980. The summed E-state index contributed by atoms with van der Waals surface area (Å²) in [5.74, 6) is -1.19. The molecule has 3 amide bonds. The van der Waals surface area contributed by atoms with Crippen LogP contribution in [-0.4, -0.2) is 53.1 Å². The molecule has 1 fully saturated rings. The maximum atomic E-state index is 11.8. The fraction of sp³-hybridized carbons (Fsp3) is 0.700. The van der Waals surface area contributed by atoms with Crippen molar-refractivity contribution in [1.82, 2.24) is 15.5 Å². The Hall–Kier alpha value is -1.79. The lowest BCUT2D eigenvalue weighted by atomic mass is 10.0. The van der Waals surface area contributed by atoms with Crippen molar-refractivity contribution in [3.63, 3.8) is 0 Å². The predicted octanol–water partition coefficient (Wildman–Crippen LogP) is -0.619. The van der Waals surface area contributed by atoms with Gasteiger partial charge in [-0.1, -0.05) is 0 Å². The lowest BCUT2D eigenvalue weighted by Crippen LogP contribution is -2.57. The molecule has 7 heteroatoms. The SMILES string of the molecule is CC(C)(CC(=O)O)NC(=O)N1CCNC(=O)C1. The third-order valence-corrected chi connectivity index (χ3v) is 2.36. The van der Waals surface area contributed by atoms with E-state index in [2.05, 4.69) is 10.6 Å². The van der Waals surface area contributed by atoms with Gasteiger partial charge in [-0.05, 0) is 13.8 Å². The maximum Gasteiger partial charge on any atom is 0.318 e. The molecular weight excluding hydrogens is 226 g/mol. The summed E-state index contributed by atoms with van der Waals surface area (Å²) in [7, 11) is 0. The van der Waals surface area contributed by atoms with E-state index < -0.39 is 17.5 Å². The smallest absolute Gasteiger partial charge is 0.318 e. The first-order valence-corrected chi connectivity index (χ1v) is 5.36. The minimum Gasteiger partial charge on any atom is -0.481 e. The minimum absolute atomic E-state index is 0.00891. The van der Waals surface area contributed by atoms with Crippen LogP contribution in [0.5, 0.6) is 0 Å². The van der Waals surface area contributed by atoms with Crippen molar-refractivity contribution in [1.29, 1.82) is 0 Å². The molecule has 0 spiro atoms. The van der Waals surface area contributed by atoms with Crippen LogP contribution < -0.4 is 10.6 Å². The number of amides is 3. The monoisotopic (exact) mass is 243 g/mol. The van der Waals surface area contributed by atoms with Crippen LogP contribution in [0, 0.1) is 0 Å². The van der Waals surface area contributed by atoms with Gasteiger partial charge in [0, 0.05) is 18.6 Å². The molecule has 0 atom stereocenters. The van der Waals surface area contributed by atoms with Gasteiger partial charge in [0.15, 0.2) is 0 Å². The number of hydrogen-bond donors (Lipinski definition) is 3. The molecule has 0 aromatic heterocycles. The molecule has 0 aromatic rings. The van der Waals surface area contributed by atoms with Crippen LogP contribution in [-0.2, 0) is 9.59 Å². The van der Waals surface area contributed by atoms with Gasteiger partial charge in [-0.25, -0.2) is 4.79 Å². The first-order chi connectivity index (χ1) is 7.80. The second-order valence-electron chi connectivity index (χ2n) is 4.66. The van der Waals surface area contributed by atoms with Crippen LogP contribution in [0.15, 0.2) is 0 Å². The second kappa shape index (κ2) is 5.03. The van der Waals surface area contributed by atoms with Crippen LogP contribution in [0.2, 0.25) is 0 Å². The number of hydrogen-bond acceptors (Lipinski definition) is 3. The molecule has 0 saturated carbocycles. The number of carbonyl (C=O) groups is 3. The zero-order valence-electron chi connectivity index (χ0n) is 9.95. The number of carboxylic acid groups (broad SMARTS) is 1. The Morgan fingerprint density at radius 1 is 1.53 bits per heavy atom. The van der Waals surface area contributed by atoms with Crippen LogP contribution in [0.25, 0.3) is 0 Å². The van der Waals surface area contributed by atoms with Crippen LogP contribution in [0.3, 0.4) is 0 Å². The number of urea groups is 1. The number of nitrogens with one attached hydrogen (secondary N) is 2. The van der Waals surface area contributed by atoms with Crippen molar-refractivity contribution in [3.05, 3.63) is 0 Å². The van der Waals surface area contributed by atoms with Crippen LogP contribution in [0.4, 0.5) is 4.79 Å². The Morgan fingerprint density at radius 2 is 2.18 bits per heavy atom. The standard InChI is InChI=1S/C10H17N3O4/c1-10(2,5-8(15)16)12-9(17)13-4-3-11-7(14)6-13/h3-6H2,1-2H3,(H,11,14)(H,12,17)(H,15,16). The van der Waals surface area contributed by atoms with E-state index in [1.807, 2.05) is 0 Å². The van der Waals surface area contributed by atoms with Crippen molar-refractivity contribution in [2.75, 3.05) is 19.6 Å². The molecule has 0 aromatic carbocycles. The first-order valence-electron chi connectivity index (χ1n) is 5.36. The Kier molecular flexibility index (Phi) is 3.93. The summed E-state index contributed by atoms with van der Waals surface area (Å²) in [6.45, 7) is 4.12. The number of aliphatic carboxylic acids is 1. The van der Waals surface area contributed by atoms with Gasteiger partial charge in [-0.2, -0.15) is 0 Å². The molecule has 0 bridgehead atoms. The van der Waals surface area contributed by atoms with Gasteiger partial charge >= 0.3 is 12.0 Å². The Balaban J connectivity index is 2.53. The average molecular weight is 243 g/mol. The molecule has 1 aliphatic rings. The van der Waals surface area contributed by atoms with Crippen molar-refractivity contribution in [2.45, 2.75) is 25.8 Å². The van der Waals surface area contributed by atoms with Crippen molar-refractivity contribution in [3.8, 4) is 0 Å². The van der Waals surface area contributed by atoms with Crippen LogP contribution >= 0.6 is 0 Å². The predicted molar refractivity (Wildman–Crippen MR) is 59.4 cm³/mol. The highest BCUT2D eigenvalue weighted by Gasteiger charge is 2.28. The van der Waals surface area contributed by atoms with Gasteiger partial charge in [-0.15, -0.1) is 0 Å². The molecule has 0 aliphatic carbocycles. The summed E-state index contributed by atoms with van der Waals surface area (Å²) in [5, 5.41) is 13.9. The van der Waals surface area contributed by atoms with E-state index in [9.17, 15) is 14.4 Å². The first kappa shape index (κ1) is 13.3. The van der Waals surface area contributed by atoms with Gasteiger partial charge in [0.1, 0.15) is 6.54 Å². The number of carbonyl (C=O) groups excluding carboxylic acids is 2. The lowest BCUT2D eigenvalue weighted by molar-refractivity contribution is -0.138. The summed E-state index contributed by atoms with van der Waals surface area (Å²) in [4.78, 5) is 34.8. The maximum absolute atomic E-state index is 11.8. The van der Waals surface area contributed by atoms with Gasteiger partial charge in [0.05, 0.1) is 6.42 Å². The fourth-order valence-electron chi connectivity index (χ4n) is 1.60. The average Bonchev–Trinajstić information content (AvgIpc) is 2.14. The van der Waals surface area contributed by atoms with Crippen molar-refractivity contribution in [2.24, 2.45) is 0 Å². The number of piperazine rings is 1. The Morgan fingerprint density at radius 3 is 2.71 bits per heavy atom. The Labute approximate surface area is 99.2 Å². The van der Waals surface area contributed by atoms with E-state index >= 15 is 0 Å². The fourth-order valence-corrected chi connectivity index (χ4v) is 1.60. The van der Waals surface area contributed by atoms with Crippen molar-refractivity contribution >= 4 is 17.9 Å². The zero-order chi connectivity index (χ0) is 13.1. The zero-order valence-corrected chi connectivity index (χ0v) is 9.95. The number of rotatable bonds is 3. The lowest BCUT2D eigenvalue weighted by Gasteiger charge is -2.31. The number of nitrogens with zero attached hydrogens (tertiary/aromatic N) is 1. The molecule has 1 saturated heterocycles. The topological polar surface area (TPSA) is 98.7 Å². The molecule has 3 N–H and O–H groups in total. The van der Waals surface area contributed by atoms with E-state index in [1.165, 1.54) is 4.90 Å². The van der Waals surface area contributed by atoms with Gasteiger partial charge < -0.3 is 20.6 Å². The quantitative estimate of drug-likeness (QED) is 0.615. The number of carboxylic acids is 1. The van der Waals surface area contributed by atoms with Gasteiger partial charge in [0.25, 0.3) is 0 Å². The summed E-state index contributed by atoms with van der Waals surface area (Å²) in [6.07, 6.45) is -0.168. The Bertz CT molecular complexity index is 340. The second-order valence-corrected chi connectivity index (χ2v) is 4.66. The highest BCUT2D eigenvalue weighted by Crippen LogP contribution is 2.09. The largest absolute Gasteiger partial charge is 0.481 e. The molecule has 1 heterocycles.